The molecule has 2 rings (SSSR count). The number of hydrogen-bond donors (Lipinski definition) is 0. The summed E-state index contributed by atoms with van der Waals surface area (Å²) >= 11 is 1.33. The van der Waals surface area contributed by atoms with Crippen LogP contribution in [0.2, 0.25) is 0 Å². The maximum absolute atomic E-state index is 11.1. The van der Waals surface area contributed by atoms with E-state index in [1.807, 2.05) is 25.1 Å². The summed E-state index contributed by atoms with van der Waals surface area (Å²) in [5.74, 6) is 0.573. The van der Waals surface area contributed by atoms with Crippen molar-refractivity contribution in [3.8, 4) is 11.4 Å². The second-order valence-electron chi connectivity index (χ2n) is 3.78. The minimum absolute atomic E-state index is 0.236. The van der Waals surface area contributed by atoms with Crippen LogP contribution in [0.25, 0.3) is 11.4 Å². The van der Waals surface area contributed by atoms with E-state index < -0.39 is 0 Å². The maximum atomic E-state index is 11.1. The van der Waals surface area contributed by atoms with E-state index in [2.05, 4.69) is 19.7 Å². The van der Waals surface area contributed by atoms with E-state index in [0.29, 0.717) is 5.82 Å². The lowest BCUT2D eigenvalue weighted by Crippen LogP contribution is -2.04. The molecule has 0 bridgehead atoms. The maximum Gasteiger partial charge on any atom is 0.316 e. The normalized spacial score (nSPS) is 10.2. The molecule has 0 radical (unpaired) electrons. The minimum atomic E-state index is -0.274. The van der Waals surface area contributed by atoms with Gasteiger partial charge in [0.25, 0.3) is 0 Å². The largest absolute Gasteiger partial charge is 0.468 e. The highest BCUT2D eigenvalue weighted by Crippen LogP contribution is 2.20. The summed E-state index contributed by atoms with van der Waals surface area (Å²) < 4.78 is 4.60. The first-order valence-electron chi connectivity index (χ1n) is 5.65. The van der Waals surface area contributed by atoms with Gasteiger partial charge < -0.3 is 4.74 Å². The predicted molar refractivity (Wildman–Crippen MR) is 72.7 cm³/mol. The van der Waals surface area contributed by atoms with Crippen molar-refractivity contribution in [2.45, 2.75) is 11.9 Å². The zero-order valence-electron chi connectivity index (χ0n) is 10.7. The molecule has 0 spiro atoms. The number of pyridine rings is 1. The molecule has 0 aromatic carbocycles. The molecule has 2 aromatic heterocycles. The summed E-state index contributed by atoms with van der Waals surface area (Å²) in [6, 6.07) is 5.58. The average molecular weight is 275 g/mol. The third kappa shape index (κ3) is 3.75. The van der Waals surface area contributed by atoms with Gasteiger partial charge in [0.1, 0.15) is 5.03 Å². The minimum Gasteiger partial charge on any atom is -0.468 e. The molecule has 6 heteroatoms. The molecule has 0 fully saturated rings. The molecule has 0 saturated heterocycles. The molecule has 0 N–H and O–H groups in total. The summed E-state index contributed by atoms with van der Waals surface area (Å²) in [5.41, 5.74) is 1.70. The van der Waals surface area contributed by atoms with Gasteiger partial charge in [0.05, 0.1) is 12.9 Å². The van der Waals surface area contributed by atoms with Crippen molar-refractivity contribution in [1.82, 2.24) is 15.0 Å². The van der Waals surface area contributed by atoms with Crippen LogP contribution in [-0.4, -0.2) is 33.8 Å². The molecule has 0 unspecified atom stereocenters. The first kappa shape index (κ1) is 13.5. The molecule has 2 aromatic rings. The molecule has 98 valence electrons. The molecule has 0 aliphatic heterocycles. The fraction of sp³-hybridized carbons (Fsp3) is 0.231. The zero-order chi connectivity index (χ0) is 13.7. The topological polar surface area (TPSA) is 65.0 Å². The summed E-state index contributed by atoms with van der Waals surface area (Å²) in [7, 11) is 1.37. The van der Waals surface area contributed by atoms with Crippen LogP contribution in [0.4, 0.5) is 0 Å². The van der Waals surface area contributed by atoms with Crippen LogP contribution in [0.5, 0.6) is 0 Å². The summed E-state index contributed by atoms with van der Waals surface area (Å²) in [6.45, 7) is 1.89. The summed E-state index contributed by atoms with van der Waals surface area (Å²) in [4.78, 5) is 24.0. The highest BCUT2D eigenvalue weighted by Gasteiger charge is 2.08. The van der Waals surface area contributed by atoms with Crippen molar-refractivity contribution in [3.05, 3.63) is 36.3 Å². The van der Waals surface area contributed by atoms with E-state index in [0.717, 1.165) is 16.3 Å². The van der Waals surface area contributed by atoms with E-state index in [4.69, 9.17) is 0 Å². The lowest BCUT2D eigenvalue weighted by molar-refractivity contribution is -0.137. The van der Waals surface area contributed by atoms with Gasteiger partial charge in [-0.3, -0.25) is 9.78 Å². The Balaban J connectivity index is 2.22. The second-order valence-corrected chi connectivity index (χ2v) is 4.77. The fourth-order valence-electron chi connectivity index (χ4n) is 1.43. The quantitative estimate of drug-likeness (QED) is 0.484. The van der Waals surface area contributed by atoms with Crippen LogP contribution in [-0.2, 0) is 9.53 Å². The molecule has 0 aliphatic rings. The van der Waals surface area contributed by atoms with Crippen LogP contribution in [0, 0.1) is 6.92 Å². The number of ether oxygens (including phenoxy) is 1. The van der Waals surface area contributed by atoms with E-state index in [9.17, 15) is 4.79 Å². The first-order valence-corrected chi connectivity index (χ1v) is 6.63. The smallest absolute Gasteiger partial charge is 0.316 e. The molecule has 0 amide bonds. The average Bonchev–Trinajstić information content (AvgIpc) is 2.45. The van der Waals surface area contributed by atoms with Crippen molar-refractivity contribution in [1.29, 1.82) is 0 Å². The van der Waals surface area contributed by atoms with Crippen molar-refractivity contribution in [2.24, 2.45) is 0 Å². The molecule has 2 heterocycles. The van der Waals surface area contributed by atoms with Gasteiger partial charge in [0.15, 0.2) is 5.82 Å². The number of nitrogens with zero attached hydrogens (tertiary/aromatic N) is 3. The Hall–Kier alpha value is -1.95. The van der Waals surface area contributed by atoms with Crippen LogP contribution < -0.4 is 0 Å². The molecule has 0 aliphatic carbocycles. The molecule has 5 nitrogen and oxygen atoms in total. The van der Waals surface area contributed by atoms with Gasteiger partial charge in [-0.25, -0.2) is 9.97 Å². The number of rotatable bonds is 4. The summed E-state index contributed by atoms with van der Waals surface area (Å²) in [5, 5.41) is 0.747. The van der Waals surface area contributed by atoms with E-state index in [1.165, 1.54) is 18.9 Å². The molecular weight excluding hydrogens is 262 g/mol. The number of methoxy groups -OCH3 is 1. The van der Waals surface area contributed by atoms with Gasteiger partial charge in [-0.15, -0.1) is 0 Å². The highest BCUT2D eigenvalue weighted by molar-refractivity contribution is 7.99. The SMILES string of the molecule is COC(=O)CSc1cc(C)nc(-c2cccnc2)n1. The Morgan fingerprint density at radius 1 is 1.42 bits per heavy atom. The number of carbonyl (C=O) groups is 1. The molecule has 0 atom stereocenters. The molecular formula is C13H13N3O2S. The molecule has 0 saturated carbocycles. The standard InChI is InChI=1S/C13H13N3O2S/c1-9-6-11(19-8-12(17)18-2)16-13(15-9)10-4-3-5-14-7-10/h3-7H,8H2,1-2H3. The lowest BCUT2D eigenvalue weighted by atomic mass is 10.2. The van der Waals surface area contributed by atoms with Gasteiger partial charge in [-0.05, 0) is 25.1 Å². The Labute approximate surface area is 115 Å². The zero-order valence-corrected chi connectivity index (χ0v) is 11.5. The third-order valence-electron chi connectivity index (χ3n) is 2.32. The Kier molecular flexibility index (Phi) is 4.46. The summed E-state index contributed by atoms with van der Waals surface area (Å²) in [6.07, 6.45) is 3.41. The highest BCUT2D eigenvalue weighted by atomic mass is 32.2. The molecule has 19 heavy (non-hydrogen) atoms. The van der Waals surface area contributed by atoms with Crippen molar-refractivity contribution < 1.29 is 9.53 Å². The van der Waals surface area contributed by atoms with Crippen LogP contribution in [0.15, 0.2) is 35.6 Å². The first-order chi connectivity index (χ1) is 9.19. The monoisotopic (exact) mass is 275 g/mol. The number of esters is 1. The van der Waals surface area contributed by atoms with E-state index >= 15 is 0 Å². The van der Waals surface area contributed by atoms with Gasteiger partial charge in [0, 0.05) is 23.7 Å². The van der Waals surface area contributed by atoms with E-state index in [1.54, 1.807) is 12.4 Å². The van der Waals surface area contributed by atoms with Crippen molar-refractivity contribution in [3.63, 3.8) is 0 Å². The van der Waals surface area contributed by atoms with E-state index in [-0.39, 0.29) is 11.7 Å². The van der Waals surface area contributed by atoms with Gasteiger partial charge in [-0.1, -0.05) is 11.8 Å². The van der Waals surface area contributed by atoms with Crippen LogP contribution in [0.3, 0.4) is 0 Å². The van der Waals surface area contributed by atoms with Gasteiger partial charge >= 0.3 is 5.97 Å². The number of hydrogen-bond acceptors (Lipinski definition) is 6. The fourth-order valence-corrected chi connectivity index (χ4v) is 2.22. The number of aryl methyl sites for hydroxylation is 1. The lowest BCUT2D eigenvalue weighted by Gasteiger charge is -2.05. The number of carbonyl (C=O) groups excluding carboxylic acids is 1. The third-order valence-corrected chi connectivity index (χ3v) is 3.20. The Morgan fingerprint density at radius 3 is 2.95 bits per heavy atom. The van der Waals surface area contributed by atoms with Crippen LogP contribution >= 0.6 is 11.8 Å². The van der Waals surface area contributed by atoms with Crippen molar-refractivity contribution >= 4 is 17.7 Å². The van der Waals surface area contributed by atoms with Crippen molar-refractivity contribution in [2.75, 3.05) is 12.9 Å². The van der Waals surface area contributed by atoms with Gasteiger partial charge in [-0.2, -0.15) is 0 Å². The Bertz CT molecular complexity index is 575. The number of aromatic nitrogens is 3. The second kappa shape index (κ2) is 6.29. The van der Waals surface area contributed by atoms with Gasteiger partial charge in [0.2, 0.25) is 0 Å². The predicted octanol–water partition coefficient (Wildman–Crippen LogP) is 2.11. The number of thioether (sulfide) groups is 1. The van der Waals surface area contributed by atoms with Crippen LogP contribution in [0.1, 0.15) is 5.69 Å². The Morgan fingerprint density at radius 2 is 2.26 bits per heavy atom.